The Bertz CT molecular complexity index is 1590. The molecule has 1 amide bonds. The zero-order valence-corrected chi connectivity index (χ0v) is 22.1. The zero-order valence-electron chi connectivity index (χ0n) is 21.4. The van der Waals surface area contributed by atoms with E-state index >= 15 is 0 Å². The fourth-order valence-electron chi connectivity index (χ4n) is 3.87. The number of carbonyl (C=O) groups excluding carboxylic acids is 2. The Hall–Kier alpha value is -4.80. The molecule has 7 nitrogen and oxygen atoms in total. The topological polar surface area (TPSA) is 97.7 Å². The van der Waals surface area contributed by atoms with Crippen LogP contribution in [0.4, 0.5) is 5.69 Å². The van der Waals surface area contributed by atoms with E-state index in [0.29, 0.717) is 28.3 Å². The molecule has 4 rings (SSSR count). The maximum atomic E-state index is 12.7. The molecule has 4 aromatic rings. The highest BCUT2D eigenvalue weighted by Crippen LogP contribution is 2.37. The molecule has 1 N–H and O–H groups in total. The van der Waals surface area contributed by atoms with E-state index in [1.165, 1.54) is 25.3 Å². The first kappa shape index (κ1) is 27.2. The number of amides is 1. The van der Waals surface area contributed by atoms with Crippen LogP contribution in [0.15, 0.2) is 84.4 Å². The van der Waals surface area contributed by atoms with Gasteiger partial charge in [-0.25, -0.2) is 4.79 Å². The lowest BCUT2D eigenvalue weighted by Gasteiger charge is -2.14. The second kappa shape index (κ2) is 12.6. The standard InChI is InChI=1S/C31H25ClN2O5/c1-3-38-31(36)23-10-12-26(13-11-23)34-30(35)25(18-33)15-21-16-27(32)29(28(17-21)37-2)39-19-20-8-9-22-6-4-5-7-24(22)14-20/h4-17H,3,19H2,1-2H3,(H,34,35)/b25-15+. The van der Waals surface area contributed by atoms with Crippen molar-refractivity contribution in [1.29, 1.82) is 5.26 Å². The second-order valence-electron chi connectivity index (χ2n) is 8.43. The molecule has 0 aliphatic heterocycles. The molecular formula is C31H25ClN2O5. The third kappa shape index (κ3) is 6.75. The molecule has 0 atom stereocenters. The van der Waals surface area contributed by atoms with Crippen LogP contribution in [0.3, 0.4) is 0 Å². The molecule has 0 aromatic heterocycles. The summed E-state index contributed by atoms with van der Waals surface area (Å²) in [7, 11) is 1.49. The van der Waals surface area contributed by atoms with Gasteiger partial charge in [-0.2, -0.15) is 5.26 Å². The number of nitriles is 1. The number of benzene rings is 4. The van der Waals surface area contributed by atoms with Crippen LogP contribution in [0.1, 0.15) is 28.4 Å². The third-order valence-electron chi connectivity index (χ3n) is 5.78. The van der Waals surface area contributed by atoms with Gasteiger partial charge in [-0.3, -0.25) is 4.79 Å². The molecule has 39 heavy (non-hydrogen) atoms. The lowest BCUT2D eigenvalue weighted by Crippen LogP contribution is -2.13. The van der Waals surface area contributed by atoms with Crippen molar-refractivity contribution in [3.05, 3.63) is 106 Å². The highest BCUT2D eigenvalue weighted by atomic mass is 35.5. The molecule has 0 radical (unpaired) electrons. The molecule has 0 heterocycles. The van der Waals surface area contributed by atoms with E-state index in [4.69, 9.17) is 25.8 Å². The number of carbonyl (C=O) groups is 2. The largest absolute Gasteiger partial charge is 0.493 e. The molecular weight excluding hydrogens is 516 g/mol. The van der Waals surface area contributed by atoms with E-state index in [2.05, 4.69) is 11.4 Å². The number of esters is 1. The van der Waals surface area contributed by atoms with Crippen molar-refractivity contribution >= 4 is 46.0 Å². The van der Waals surface area contributed by atoms with Gasteiger partial charge in [0.1, 0.15) is 18.2 Å². The van der Waals surface area contributed by atoms with Crippen molar-refractivity contribution in [2.75, 3.05) is 19.0 Å². The summed E-state index contributed by atoms with van der Waals surface area (Å²) in [5.74, 6) is -0.354. The fraction of sp³-hybridized carbons (Fsp3) is 0.129. The molecule has 8 heteroatoms. The van der Waals surface area contributed by atoms with Crippen LogP contribution in [0.5, 0.6) is 11.5 Å². The van der Waals surface area contributed by atoms with Gasteiger partial charge >= 0.3 is 5.97 Å². The van der Waals surface area contributed by atoms with Gasteiger partial charge in [0, 0.05) is 5.69 Å². The summed E-state index contributed by atoms with van der Waals surface area (Å²) >= 11 is 6.52. The van der Waals surface area contributed by atoms with Crippen LogP contribution in [-0.4, -0.2) is 25.6 Å². The summed E-state index contributed by atoms with van der Waals surface area (Å²) < 4.78 is 16.4. The average Bonchev–Trinajstić information content (AvgIpc) is 2.95. The van der Waals surface area contributed by atoms with Gasteiger partial charge in [-0.1, -0.05) is 48.0 Å². The molecule has 0 unspecified atom stereocenters. The number of nitrogens with one attached hydrogen (secondary N) is 1. The molecule has 0 aliphatic carbocycles. The fourth-order valence-corrected chi connectivity index (χ4v) is 4.14. The Balaban J connectivity index is 1.49. The predicted molar refractivity (Wildman–Crippen MR) is 151 cm³/mol. The van der Waals surface area contributed by atoms with Crippen LogP contribution >= 0.6 is 11.6 Å². The molecule has 0 fully saturated rings. The second-order valence-corrected chi connectivity index (χ2v) is 8.83. The Morgan fingerprint density at radius 2 is 1.74 bits per heavy atom. The number of nitrogens with zero attached hydrogens (tertiary/aromatic N) is 1. The number of ether oxygens (including phenoxy) is 3. The van der Waals surface area contributed by atoms with Crippen molar-refractivity contribution in [3.63, 3.8) is 0 Å². The van der Waals surface area contributed by atoms with Gasteiger partial charge in [-0.05, 0) is 77.4 Å². The zero-order chi connectivity index (χ0) is 27.8. The van der Waals surface area contributed by atoms with E-state index in [1.807, 2.05) is 42.5 Å². The predicted octanol–water partition coefficient (Wildman–Crippen LogP) is 6.80. The van der Waals surface area contributed by atoms with Crippen LogP contribution < -0.4 is 14.8 Å². The minimum atomic E-state index is -0.617. The van der Waals surface area contributed by atoms with Gasteiger partial charge in [0.15, 0.2) is 11.5 Å². The summed E-state index contributed by atoms with van der Waals surface area (Å²) in [4.78, 5) is 24.6. The summed E-state index contributed by atoms with van der Waals surface area (Å²) in [6.45, 7) is 2.26. The Labute approximate surface area is 231 Å². The first-order valence-electron chi connectivity index (χ1n) is 12.1. The van der Waals surface area contributed by atoms with E-state index in [-0.39, 0.29) is 23.8 Å². The number of fused-ring (bicyclic) bond motifs is 1. The third-order valence-corrected chi connectivity index (χ3v) is 6.06. The van der Waals surface area contributed by atoms with Crippen molar-refractivity contribution in [3.8, 4) is 17.6 Å². The van der Waals surface area contributed by atoms with Gasteiger partial charge in [0.05, 0.1) is 24.3 Å². The lowest BCUT2D eigenvalue weighted by molar-refractivity contribution is -0.112. The SMILES string of the molecule is CCOC(=O)c1ccc(NC(=O)/C(C#N)=C/c2cc(Cl)c(OCc3ccc4ccccc4c3)c(OC)c2)cc1. The quantitative estimate of drug-likeness (QED) is 0.142. The van der Waals surface area contributed by atoms with Crippen LogP contribution in [0.25, 0.3) is 16.8 Å². The summed E-state index contributed by atoms with van der Waals surface area (Å²) in [5.41, 5.74) is 2.08. The summed E-state index contributed by atoms with van der Waals surface area (Å²) in [5, 5.41) is 14.8. The maximum Gasteiger partial charge on any atom is 0.338 e. The summed E-state index contributed by atoms with van der Waals surface area (Å²) in [6.07, 6.45) is 1.41. The molecule has 0 aliphatic rings. The van der Waals surface area contributed by atoms with Gasteiger partial charge in [-0.15, -0.1) is 0 Å². The highest BCUT2D eigenvalue weighted by Gasteiger charge is 2.15. The number of rotatable bonds is 9. The minimum Gasteiger partial charge on any atom is -0.493 e. The minimum absolute atomic E-state index is 0.146. The highest BCUT2D eigenvalue weighted by molar-refractivity contribution is 6.32. The van der Waals surface area contributed by atoms with Crippen molar-refractivity contribution < 1.29 is 23.8 Å². The Morgan fingerprint density at radius 1 is 1.00 bits per heavy atom. The average molecular weight is 541 g/mol. The van der Waals surface area contributed by atoms with E-state index in [9.17, 15) is 14.9 Å². The van der Waals surface area contributed by atoms with E-state index in [0.717, 1.165) is 16.3 Å². The molecule has 196 valence electrons. The van der Waals surface area contributed by atoms with Crippen molar-refractivity contribution in [2.24, 2.45) is 0 Å². The molecule has 0 bridgehead atoms. The molecule has 0 saturated carbocycles. The first-order chi connectivity index (χ1) is 18.9. The lowest BCUT2D eigenvalue weighted by atomic mass is 10.1. The van der Waals surface area contributed by atoms with Crippen molar-refractivity contribution in [2.45, 2.75) is 13.5 Å². The maximum absolute atomic E-state index is 12.7. The number of methoxy groups -OCH3 is 1. The monoisotopic (exact) mass is 540 g/mol. The van der Waals surface area contributed by atoms with Crippen molar-refractivity contribution in [1.82, 2.24) is 0 Å². The van der Waals surface area contributed by atoms with Gasteiger partial charge in [0.25, 0.3) is 5.91 Å². The van der Waals surface area contributed by atoms with Crippen LogP contribution in [-0.2, 0) is 16.1 Å². The van der Waals surface area contributed by atoms with E-state index in [1.54, 1.807) is 31.2 Å². The number of hydrogen-bond acceptors (Lipinski definition) is 6. The molecule has 4 aromatic carbocycles. The van der Waals surface area contributed by atoms with E-state index < -0.39 is 11.9 Å². The Kier molecular flexibility index (Phi) is 8.82. The molecule has 0 spiro atoms. The molecule has 0 saturated heterocycles. The van der Waals surface area contributed by atoms with Gasteiger partial charge in [0.2, 0.25) is 0 Å². The number of anilines is 1. The normalized spacial score (nSPS) is 11.0. The number of halogens is 1. The van der Waals surface area contributed by atoms with Crippen LogP contribution in [0, 0.1) is 11.3 Å². The number of hydrogen-bond donors (Lipinski definition) is 1. The smallest absolute Gasteiger partial charge is 0.338 e. The first-order valence-corrected chi connectivity index (χ1v) is 12.5. The Morgan fingerprint density at radius 3 is 2.44 bits per heavy atom. The summed E-state index contributed by atoms with van der Waals surface area (Å²) in [6, 6.07) is 25.4. The van der Waals surface area contributed by atoms with Gasteiger partial charge < -0.3 is 19.5 Å². The van der Waals surface area contributed by atoms with Crippen LogP contribution in [0.2, 0.25) is 5.02 Å².